The van der Waals surface area contributed by atoms with Crippen molar-refractivity contribution < 1.29 is 33.8 Å². The number of rotatable bonds is 17. The van der Waals surface area contributed by atoms with Crippen molar-refractivity contribution in [1.29, 1.82) is 0 Å². The zero-order valence-electron chi connectivity index (χ0n) is 30.4. The number of aryl methyl sites for hydroxylation is 2. The van der Waals surface area contributed by atoms with E-state index < -0.39 is 11.7 Å². The Morgan fingerprint density at radius 1 is 0.750 bits per heavy atom. The lowest BCUT2D eigenvalue weighted by atomic mass is 9.73. The lowest BCUT2D eigenvalue weighted by Crippen LogP contribution is -2.48. The lowest BCUT2D eigenvalue weighted by Gasteiger charge is -2.39. The van der Waals surface area contributed by atoms with Gasteiger partial charge in [-0.1, -0.05) is 73.2 Å². The van der Waals surface area contributed by atoms with E-state index in [9.17, 15) is 0 Å². The zero-order valence-corrected chi connectivity index (χ0v) is 30.4. The fourth-order valence-electron chi connectivity index (χ4n) is 7.96. The molecule has 0 saturated carbocycles. The number of ether oxygens (including phenoxy) is 3. The van der Waals surface area contributed by atoms with Crippen LogP contribution in [0, 0.1) is 0 Å². The van der Waals surface area contributed by atoms with E-state index in [0.717, 1.165) is 68.4 Å². The first kappa shape index (κ1) is 36.2. The second-order valence-corrected chi connectivity index (χ2v) is 14.4. The third-order valence-corrected chi connectivity index (χ3v) is 10.8. The molecule has 0 amide bonds. The highest BCUT2D eigenvalue weighted by Crippen LogP contribution is 2.50. The first-order valence-electron chi connectivity index (χ1n) is 19.1. The SMILES string of the molecule is C=CCOOCCCCCCOc1ccc(OOC[C@@](C)(c2ccccc2)C2Oc3ccc4c(c3[C@H]3c5ccccc5CCC3O2)CCCC4)cc1. The summed E-state index contributed by atoms with van der Waals surface area (Å²) in [6.07, 6.45) is 11.7. The maximum atomic E-state index is 7.18. The molecule has 7 nitrogen and oxygen atoms in total. The van der Waals surface area contributed by atoms with Crippen LogP contribution in [-0.4, -0.2) is 38.8 Å². The third kappa shape index (κ3) is 8.39. The zero-order chi connectivity index (χ0) is 35.6. The number of fused-ring (bicyclic) bond motifs is 7. The Hall–Kier alpha value is -4.14. The molecule has 0 radical (unpaired) electrons. The molecule has 274 valence electrons. The van der Waals surface area contributed by atoms with Gasteiger partial charge in [-0.2, -0.15) is 4.89 Å². The van der Waals surface area contributed by atoms with Crippen LogP contribution < -0.4 is 14.4 Å². The molecule has 1 aliphatic heterocycles. The average molecular weight is 705 g/mol. The molecule has 7 heteroatoms. The lowest BCUT2D eigenvalue weighted by molar-refractivity contribution is -0.286. The van der Waals surface area contributed by atoms with E-state index in [0.29, 0.717) is 25.6 Å². The summed E-state index contributed by atoms with van der Waals surface area (Å²) in [6, 6.07) is 31.4. The van der Waals surface area contributed by atoms with E-state index in [4.69, 9.17) is 33.8 Å². The Morgan fingerprint density at radius 2 is 1.52 bits per heavy atom. The van der Waals surface area contributed by atoms with Gasteiger partial charge in [0.1, 0.15) is 24.7 Å². The van der Waals surface area contributed by atoms with E-state index in [-0.39, 0.29) is 18.6 Å². The molecule has 2 aliphatic carbocycles. The third-order valence-electron chi connectivity index (χ3n) is 10.8. The molecule has 52 heavy (non-hydrogen) atoms. The van der Waals surface area contributed by atoms with Gasteiger partial charge < -0.3 is 19.1 Å². The number of benzene rings is 4. The molecule has 4 atom stereocenters. The minimum atomic E-state index is -0.686. The van der Waals surface area contributed by atoms with Crippen molar-refractivity contribution in [3.8, 4) is 17.2 Å². The molecule has 0 aromatic heterocycles. The summed E-state index contributed by atoms with van der Waals surface area (Å²) in [5.74, 6) is 2.45. The van der Waals surface area contributed by atoms with Crippen molar-refractivity contribution in [3.63, 3.8) is 0 Å². The second kappa shape index (κ2) is 17.6. The Morgan fingerprint density at radius 3 is 2.37 bits per heavy atom. The van der Waals surface area contributed by atoms with Gasteiger partial charge in [0, 0.05) is 11.5 Å². The fourth-order valence-corrected chi connectivity index (χ4v) is 7.96. The molecule has 2 unspecified atom stereocenters. The number of hydrogen-bond acceptors (Lipinski definition) is 7. The summed E-state index contributed by atoms with van der Waals surface area (Å²) in [5, 5.41) is 0. The minimum absolute atomic E-state index is 0.0258. The van der Waals surface area contributed by atoms with Crippen LogP contribution in [0.1, 0.15) is 91.2 Å². The molecule has 1 heterocycles. The molecular formula is C45H52O7. The highest BCUT2D eigenvalue weighted by molar-refractivity contribution is 5.55. The first-order chi connectivity index (χ1) is 25.6. The van der Waals surface area contributed by atoms with Crippen LogP contribution in [0.4, 0.5) is 0 Å². The molecular weight excluding hydrogens is 652 g/mol. The largest absolute Gasteiger partial charge is 0.494 e. The van der Waals surface area contributed by atoms with Gasteiger partial charge >= 0.3 is 0 Å². The Kier molecular flexibility index (Phi) is 12.3. The molecule has 0 saturated heterocycles. The van der Waals surface area contributed by atoms with Crippen LogP contribution >= 0.6 is 0 Å². The first-order valence-corrected chi connectivity index (χ1v) is 19.1. The smallest absolute Gasteiger partial charge is 0.212 e. The van der Waals surface area contributed by atoms with Gasteiger partial charge in [0.25, 0.3) is 0 Å². The highest BCUT2D eigenvalue weighted by atomic mass is 17.2. The molecule has 0 bridgehead atoms. The van der Waals surface area contributed by atoms with E-state index in [1.54, 1.807) is 6.08 Å². The minimum Gasteiger partial charge on any atom is -0.494 e. The van der Waals surface area contributed by atoms with Crippen LogP contribution in [0.2, 0.25) is 0 Å². The van der Waals surface area contributed by atoms with E-state index in [1.807, 2.05) is 30.3 Å². The van der Waals surface area contributed by atoms with Crippen molar-refractivity contribution in [2.45, 2.75) is 94.9 Å². The van der Waals surface area contributed by atoms with Crippen LogP contribution in [-0.2, 0) is 44.1 Å². The predicted octanol–water partition coefficient (Wildman–Crippen LogP) is 9.79. The summed E-state index contributed by atoms with van der Waals surface area (Å²) < 4.78 is 20.2. The van der Waals surface area contributed by atoms with Crippen molar-refractivity contribution in [2.75, 3.05) is 26.4 Å². The van der Waals surface area contributed by atoms with Gasteiger partial charge in [-0.3, -0.25) is 0 Å². The maximum Gasteiger partial charge on any atom is 0.212 e. The molecule has 0 fully saturated rings. The van der Waals surface area contributed by atoms with Crippen molar-refractivity contribution in [3.05, 3.63) is 137 Å². The Bertz CT molecular complexity index is 1740. The van der Waals surface area contributed by atoms with Crippen LogP contribution in [0.3, 0.4) is 0 Å². The van der Waals surface area contributed by atoms with Gasteiger partial charge in [0.05, 0.1) is 24.7 Å². The average Bonchev–Trinajstić information content (AvgIpc) is 3.37. The van der Waals surface area contributed by atoms with E-state index in [2.05, 4.69) is 74.2 Å². The summed E-state index contributed by atoms with van der Waals surface area (Å²) in [7, 11) is 0. The second-order valence-electron chi connectivity index (χ2n) is 14.4. The molecule has 7 rings (SSSR count). The van der Waals surface area contributed by atoms with Crippen molar-refractivity contribution in [1.82, 2.24) is 0 Å². The van der Waals surface area contributed by atoms with Crippen LogP contribution in [0.15, 0.2) is 104 Å². The number of hydrogen-bond donors (Lipinski definition) is 0. The summed E-state index contributed by atoms with van der Waals surface area (Å²) in [4.78, 5) is 22.0. The summed E-state index contributed by atoms with van der Waals surface area (Å²) in [6.45, 7) is 7.64. The maximum absolute atomic E-state index is 7.18. The molecule has 3 aliphatic rings. The van der Waals surface area contributed by atoms with Crippen LogP contribution in [0.25, 0.3) is 0 Å². The Labute approximate surface area is 308 Å². The van der Waals surface area contributed by atoms with E-state index >= 15 is 0 Å². The topological polar surface area (TPSA) is 64.6 Å². The normalized spacial score (nSPS) is 20.1. The quantitative estimate of drug-likeness (QED) is 0.0469. The standard InChI is InChI=1S/C45H52O7/c1-3-29-47-48-31-14-5-4-13-30-46-36-23-25-37(26-24-36)52-49-32-45(2,35-17-7-6-8-18-35)44-50-40-27-21-33-15-9-11-19-38(33)42(40)43-39-20-12-10-16-34(39)22-28-41(43)51-44/h3,6-9,11,15,17-19,22-26,28,40,42,44H,1,4-5,10,12-14,16,20-21,27,29-32H2,2H3/t40?,42-,44?,45-/m0/s1. The highest BCUT2D eigenvalue weighted by Gasteiger charge is 2.47. The summed E-state index contributed by atoms with van der Waals surface area (Å²) >= 11 is 0. The molecule has 4 aromatic carbocycles. The number of unbranched alkanes of at least 4 members (excludes halogenated alkanes) is 3. The van der Waals surface area contributed by atoms with Gasteiger partial charge in [-0.05, 0) is 123 Å². The summed E-state index contributed by atoms with van der Waals surface area (Å²) in [5.41, 5.74) is 7.41. The van der Waals surface area contributed by atoms with Gasteiger partial charge in [0.2, 0.25) is 6.29 Å². The van der Waals surface area contributed by atoms with Crippen LogP contribution in [0.5, 0.6) is 17.2 Å². The van der Waals surface area contributed by atoms with Crippen molar-refractivity contribution in [2.24, 2.45) is 0 Å². The predicted molar refractivity (Wildman–Crippen MR) is 202 cm³/mol. The molecule has 4 aromatic rings. The van der Waals surface area contributed by atoms with Gasteiger partial charge in [-0.25, -0.2) is 9.78 Å². The molecule has 0 spiro atoms. The molecule has 0 N–H and O–H groups in total. The van der Waals surface area contributed by atoms with Gasteiger partial charge in [-0.15, -0.1) is 6.58 Å². The van der Waals surface area contributed by atoms with Crippen molar-refractivity contribution >= 4 is 0 Å². The van der Waals surface area contributed by atoms with Gasteiger partial charge in [0.15, 0.2) is 5.75 Å². The Balaban J connectivity index is 1.03. The monoisotopic (exact) mass is 704 g/mol. The fraction of sp³-hybridized carbons (Fsp3) is 0.422. The van der Waals surface area contributed by atoms with E-state index in [1.165, 1.54) is 40.7 Å².